The van der Waals surface area contributed by atoms with E-state index in [9.17, 15) is 19.5 Å². The SMILES string of the molecule is O=C1CC[C@H](N2C(=O)c3cccc4c(Cc5ccc([C@H](O)C6CCOCC6)cc5F)ccc2c34)C(=O)N1. The number of aliphatic hydroxyl groups is 1. The van der Waals surface area contributed by atoms with Crippen molar-refractivity contribution in [2.45, 2.75) is 44.2 Å². The summed E-state index contributed by atoms with van der Waals surface area (Å²) in [5.74, 6) is -1.41. The van der Waals surface area contributed by atoms with Gasteiger partial charge in [0, 0.05) is 37.0 Å². The van der Waals surface area contributed by atoms with E-state index in [0.29, 0.717) is 42.0 Å². The molecule has 3 amide bonds. The molecule has 3 aromatic carbocycles. The van der Waals surface area contributed by atoms with E-state index >= 15 is 4.39 Å². The summed E-state index contributed by atoms with van der Waals surface area (Å²) >= 11 is 0. The van der Waals surface area contributed by atoms with E-state index in [0.717, 1.165) is 29.2 Å². The van der Waals surface area contributed by atoms with E-state index < -0.39 is 18.1 Å². The molecule has 2 saturated heterocycles. The third-order valence-corrected chi connectivity index (χ3v) is 7.85. The lowest BCUT2D eigenvalue weighted by atomic mass is 9.88. The van der Waals surface area contributed by atoms with Gasteiger partial charge in [-0.25, -0.2) is 4.39 Å². The molecule has 190 valence electrons. The highest BCUT2D eigenvalue weighted by atomic mass is 19.1. The van der Waals surface area contributed by atoms with Crippen molar-refractivity contribution in [2.24, 2.45) is 5.92 Å². The number of anilines is 1. The van der Waals surface area contributed by atoms with E-state index in [1.165, 1.54) is 11.0 Å². The number of nitrogens with zero attached hydrogens (tertiary/aromatic N) is 1. The standard InChI is InChI=1S/C29H27FN2O5/c30-22-15-19(27(34)16-10-12-37-13-11-16)5-4-18(22)14-17-6-7-23-26-20(17)2-1-3-21(26)29(36)32(23)24-8-9-25(33)31-28(24)35/h1-7,15-16,24,27,34H,8-14H2,(H,31,33,35)/t24-,27+/m0/s1. The number of halogens is 1. The molecule has 2 atom stereocenters. The van der Waals surface area contributed by atoms with Crippen LogP contribution in [0.1, 0.15) is 58.8 Å². The predicted octanol–water partition coefficient (Wildman–Crippen LogP) is 3.80. The Kier molecular flexibility index (Phi) is 6.01. The van der Waals surface area contributed by atoms with Gasteiger partial charge in [0.05, 0.1) is 11.8 Å². The molecule has 0 radical (unpaired) electrons. The van der Waals surface area contributed by atoms with Crippen molar-refractivity contribution in [3.05, 3.63) is 76.6 Å². The van der Waals surface area contributed by atoms with E-state index in [1.54, 1.807) is 30.3 Å². The number of amides is 3. The van der Waals surface area contributed by atoms with Crippen molar-refractivity contribution in [1.82, 2.24) is 5.32 Å². The van der Waals surface area contributed by atoms with E-state index in [-0.39, 0.29) is 36.4 Å². The number of benzene rings is 3. The molecule has 0 spiro atoms. The maximum atomic E-state index is 15.2. The number of rotatable bonds is 5. The first-order chi connectivity index (χ1) is 17.9. The van der Waals surface area contributed by atoms with Gasteiger partial charge in [-0.05, 0) is 65.5 Å². The number of ether oxygens (including phenoxy) is 1. The van der Waals surface area contributed by atoms with Crippen molar-refractivity contribution in [1.29, 1.82) is 0 Å². The fourth-order valence-corrected chi connectivity index (χ4v) is 5.86. The van der Waals surface area contributed by atoms with Crippen molar-refractivity contribution in [3.8, 4) is 0 Å². The van der Waals surface area contributed by atoms with E-state index in [2.05, 4.69) is 5.32 Å². The van der Waals surface area contributed by atoms with Gasteiger partial charge in [0.15, 0.2) is 0 Å². The van der Waals surface area contributed by atoms with Crippen LogP contribution in [0.25, 0.3) is 10.8 Å². The summed E-state index contributed by atoms with van der Waals surface area (Å²) in [5, 5.41) is 14.6. The number of hydrogen-bond acceptors (Lipinski definition) is 5. The van der Waals surface area contributed by atoms with Gasteiger partial charge < -0.3 is 9.84 Å². The molecule has 2 N–H and O–H groups in total. The molecule has 0 saturated carbocycles. The molecular weight excluding hydrogens is 475 g/mol. The number of carbonyl (C=O) groups is 3. The van der Waals surface area contributed by atoms with Gasteiger partial charge in [-0.1, -0.05) is 30.3 Å². The first kappa shape index (κ1) is 23.8. The normalized spacial score (nSPS) is 21.0. The number of carbonyl (C=O) groups excluding carboxylic acids is 3. The minimum atomic E-state index is -0.751. The number of aliphatic hydroxyl groups excluding tert-OH is 1. The molecule has 2 fully saturated rings. The molecule has 6 rings (SSSR count). The van der Waals surface area contributed by atoms with E-state index in [4.69, 9.17) is 4.74 Å². The summed E-state index contributed by atoms with van der Waals surface area (Å²) in [5.41, 5.74) is 3.04. The quantitative estimate of drug-likeness (QED) is 0.518. The Bertz CT molecular complexity index is 1430. The summed E-state index contributed by atoms with van der Waals surface area (Å²) in [6, 6.07) is 13.3. The third kappa shape index (κ3) is 4.10. The molecule has 0 aromatic heterocycles. The van der Waals surface area contributed by atoms with Crippen LogP contribution in [0.2, 0.25) is 0 Å². The predicted molar refractivity (Wildman–Crippen MR) is 135 cm³/mol. The maximum absolute atomic E-state index is 15.2. The first-order valence-corrected chi connectivity index (χ1v) is 12.7. The molecule has 3 aliphatic heterocycles. The number of hydrogen-bond donors (Lipinski definition) is 2. The minimum Gasteiger partial charge on any atom is -0.388 e. The fourth-order valence-electron chi connectivity index (χ4n) is 5.86. The van der Waals surface area contributed by atoms with Gasteiger partial charge in [0.25, 0.3) is 5.91 Å². The van der Waals surface area contributed by atoms with Gasteiger partial charge in [0.2, 0.25) is 11.8 Å². The zero-order valence-corrected chi connectivity index (χ0v) is 20.2. The Hall–Kier alpha value is -3.62. The van der Waals surface area contributed by atoms with Crippen LogP contribution in [0, 0.1) is 11.7 Å². The molecule has 3 aliphatic rings. The van der Waals surface area contributed by atoms with Crippen LogP contribution in [-0.4, -0.2) is 42.1 Å². The smallest absolute Gasteiger partial charge is 0.259 e. The molecule has 37 heavy (non-hydrogen) atoms. The lowest BCUT2D eigenvalue weighted by Crippen LogP contribution is -2.53. The lowest BCUT2D eigenvalue weighted by Gasteiger charge is -2.30. The molecule has 7 nitrogen and oxygen atoms in total. The fraction of sp³-hybridized carbons (Fsp3) is 0.345. The van der Waals surface area contributed by atoms with Crippen LogP contribution < -0.4 is 10.2 Å². The van der Waals surface area contributed by atoms with Crippen LogP contribution in [0.4, 0.5) is 10.1 Å². The Labute approximate surface area is 213 Å². The second-order valence-corrected chi connectivity index (χ2v) is 10.0. The molecule has 0 aliphatic carbocycles. The van der Waals surface area contributed by atoms with Gasteiger partial charge >= 0.3 is 0 Å². The van der Waals surface area contributed by atoms with Crippen molar-refractivity contribution in [2.75, 3.05) is 18.1 Å². The van der Waals surface area contributed by atoms with Gasteiger partial charge in [-0.2, -0.15) is 0 Å². The Morgan fingerprint density at radius 3 is 2.57 bits per heavy atom. The molecule has 3 heterocycles. The summed E-state index contributed by atoms with van der Waals surface area (Å²) < 4.78 is 20.6. The van der Waals surface area contributed by atoms with Crippen LogP contribution in [0.3, 0.4) is 0 Å². The van der Waals surface area contributed by atoms with Crippen LogP contribution in [-0.2, 0) is 20.7 Å². The van der Waals surface area contributed by atoms with Crippen LogP contribution in [0.5, 0.6) is 0 Å². The second-order valence-electron chi connectivity index (χ2n) is 10.0. The number of imide groups is 1. The highest BCUT2D eigenvalue weighted by molar-refractivity contribution is 6.27. The number of nitrogens with one attached hydrogen (secondary N) is 1. The van der Waals surface area contributed by atoms with Gasteiger partial charge in [0.1, 0.15) is 11.9 Å². The summed E-state index contributed by atoms with van der Waals surface area (Å²) in [6.07, 6.45) is 1.53. The zero-order chi connectivity index (χ0) is 25.7. The highest BCUT2D eigenvalue weighted by Crippen LogP contribution is 2.41. The topological polar surface area (TPSA) is 95.9 Å². The molecule has 0 unspecified atom stereocenters. The molecular formula is C29H27FN2O5. The van der Waals surface area contributed by atoms with Gasteiger partial charge in [-0.15, -0.1) is 0 Å². The van der Waals surface area contributed by atoms with E-state index in [1.807, 2.05) is 12.1 Å². The zero-order valence-electron chi connectivity index (χ0n) is 20.2. The third-order valence-electron chi connectivity index (χ3n) is 7.85. The van der Waals surface area contributed by atoms with Crippen LogP contribution >= 0.6 is 0 Å². The van der Waals surface area contributed by atoms with Gasteiger partial charge in [-0.3, -0.25) is 24.6 Å². The molecule has 3 aromatic rings. The summed E-state index contributed by atoms with van der Waals surface area (Å²) in [7, 11) is 0. The van der Waals surface area contributed by atoms with Crippen LogP contribution in [0.15, 0.2) is 48.5 Å². The van der Waals surface area contributed by atoms with Crippen molar-refractivity contribution < 1.29 is 28.6 Å². The second kappa shape index (κ2) is 9.36. The lowest BCUT2D eigenvalue weighted by molar-refractivity contribution is -0.134. The highest BCUT2D eigenvalue weighted by Gasteiger charge is 2.40. The molecule has 0 bridgehead atoms. The summed E-state index contributed by atoms with van der Waals surface area (Å²) in [6.45, 7) is 1.22. The first-order valence-electron chi connectivity index (χ1n) is 12.7. The average molecular weight is 503 g/mol. The average Bonchev–Trinajstić information content (AvgIpc) is 3.19. The Morgan fingerprint density at radius 1 is 1.03 bits per heavy atom. The molecule has 8 heteroatoms. The largest absolute Gasteiger partial charge is 0.388 e. The van der Waals surface area contributed by atoms with Crippen molar-refractivity contribution in [3.63, 3.8) is 0 Å². The monoisotopic (exact) mass is 502 g/mol. The van der Waals surface area contributed by atoms with Crippen molar-refractivity contribution >= 4 is 34.2 Å². The summed E-state index contributed by atoms with van der Waals surface area (Å²) in [4.78, 5) is 39.0. The Morgan fingerprint density at radius 2 is 1.81 bits per heavy atom. The maximum Gasteiger partial charge on any atom is 0.259 e. The number of piperidine rings is 1. The Balaban J connectivity index is 1.31. The minimum absolute atomic E-state index is 0.0559.